The van der Waals surface area contributed by atoms with Gasteiger partial charge in [0.1, 0.15) is 16.3 Å². The summed E-state index contributed by atoms with van der Waals surface area (Å²) < 4.78 is 38.3. The highest BCUT2D eigenvalue weighted by Crippen LogP contribution is 2.34. The van der Waals surface area contributed by atoms with Gasteiger partial charge in [-0.25, -0.2) is 9.78 Å². The quantitative estimate of drug-likeness (QED) is 0.758. The van der Waals surface area contributed by atoms with Crippen molar-refractivity contribution in [1.29, 1.82) is 0 Å². The fourth-order valence-corrected chi connectivity index (χ4v) is 2.82. The Morgan fingerprint density at radius 1 is 1.30 bits per heavy atom. The number of aromatic nitrogens is 3. The van der Waals surface area contributed by atoms with Gasteiger partial charge < -0.3 is 5.11 Å². The molecule has 0 aliphatic carbocycles. The number of halogens is 3. The number of nitrogens with zero attached hydrogens (tertiary/aromatic N) is 2. The van der Waals surface area contributed by atoms with E-state index in [1.807, 2.05) is 0 Å². The average molecular weight is 339 g/mol. The summed E-state index contributed by atoms with van der Waals surface area (Å²) in [5.74, 6) is -1.16. The van der Waals surface area contributed by atoms with Crippen LogP contribution in [0.1, 0.15) is 15.9 Å². The number of benzene rings is 1. The van der Waals surface area contributed by atoms with Gasteiger partial charge in [-0.2, -0.15) is 18.3 Å². The molecule has 0 saturated heterocycles. The van der Waals surface area contributed by atoms with Crippen LogP contribution in [0.25, 0.3) is 22.0 Å². The molecule has 0 atom stereocenters. The maximum atomic E-state index is 12.8. The monoisotopic (exact) mass is 339 g/mol. The van der Waals surface area contributed by atoms with E-state index in [1.165, 1.54) is 12.1 Å². The van der Waals surface area contributed by atoms with Gasteiger partial charge in [0.25, 0.3) is 0 Å². The Labute approximate surface area is 131 Å². The van der Waals surface area contributed by atoms with Crippen LogP contribution in [-0.2, 0) is 6.18 Å². The second-order valence-corrected chi connectivity index (χ2v) is 5.44. The lowest BCUT2D eigenvalue weighted by Crippen LogP contribution is -2.04. The SMILES string of the molecule is O=C(O)c1cn[nH]c1-c1nc(-c2cccc(C(F)(F)F)c2)cs1. The number of carbonyl (C=O) groups is 1. The molecule has 0 bridgehead atoms. The van der Waals surface area contributed by atoms with Gasteiger partial charge in [-0.05, 0) is 12.1 Å². The van der Waals surface area contributed by atoms with Gasteiger partial charge in [-0.15, -0.1) is 11.3 Å². The predicted octanol–water partition coefficient (Wildman–Crippen LogP) is 3.92. The van der Waals surface area contributed by atoms with Gasteiger partial charge >= 0.3 is 12.1 Å². The highest BCUT2D eigenvalue weighted by molar-refractivity contribution is 7.13. The van der Waals surface area contributed by atoms with Crippen LogP contribution >= 0.6 is 11.3 Å². The first-order valence-electron chi connectivity index (χ1n) is 6.26. The molecule has 3 rings (SSSR count). The number of hydrogen-bond acceptors (Lipinski definition) is 4. The Kier molecular flexibility index (Phi) is 3.64. The third-order valence-electron chi connectivity index (χ3n) is 3.07. The number of hydrogen-bond donors (Lipinski definition) is 2. The number of aromatic amines is 1. The van der Waals surface area contributed by atoms with Crippen molar-refractivity contribution in [3.05, 3.63) is 47.0 Å². The molecule has 2 aromatic heterocycles. The van der Waals surface area contributed by atoms with Crippen molar-refractivity contribution in [2.75, 3.05) is 0 Å². The molecule has 0 unspecified atom stereocenters. The summed E-state index contributed by atoms with van der Waals surface area (Å²) >= 11 is 1.12. The zero-order valence-corrected chi connectivity index (χ0v) is 12.1. The molecule has 0 aliphatic heterocycles. The fourth-order valence-electron chi connectivity index (χ4n) is 1.99. The molecule has 23 heavy (non-hydrogen) atoms. The molecule has 0 radical (unpaired) electrons. The van der Waals surface area contributed by atoms with E-state index >= 15 is 0 Å². The molecular weight excluding hydrogens is 331 g/mol. The second-order valence-electron chi connectivity index (χ2n) is 4.58. The Balaban J connectivity index is 2.00. The summed E-state index contributed by atoms with van der Waals surface area (Å²) in [6.07, 6.45) is -3.28. The molecule has 0 saturated carbocycles. The molecule has 2 N–H and O–H groups in total. The number of aromatic carboxylic acids is 1. The lowest BCUT2D eigenvalue weighted by Gasteiger charge is -2.07. The minimum atomic E-state index is -4.44. The first-order valence-corrected chi connectivity index (χ1v) is 7.14. The Bertz CT molecular complexity index is 870. The van der Waals surface area contributed by atoms with E-state index in [0.29, 0.717) is 16.3 Å². The second kappa shape index (κ2) is 5.51. The Morgan fingerprint density at radius 3 is 2.78 bits per heavy atom. The van der Waals surface area contributed by atoms with Crippen LogP contribution in [0.3, 0.4) is 0 Å². The third-order valence-corrected chi connectivity index (χ3v) is 3.93. The Morgan fingerprint density at radius 2 is 2.09 bits per heavy atom. The van der Waals surface area contributed by atoms with Gasteiger partial charge in [0.15, 0.2) is 0 Å². The molecule has 0 aliphatic rings. The van der Waals surface area contributed by atoms with E-state index in [0.717, 1.165) is 29.7 Å². The molecule has 5 nitrogen and oxygen atoms in total. The molecule has 0 fully saturated rings. The molecule has 0 amide bonds. The predicted molar refractivity (Wildman–Crippen MR) is 77.1 cm³/mol. The van der Waals surface area contributed by atoms with Crippen molar-refractivity contribution in [2.45, 2.75) is 6.18 Å². The smallest absolute Gasteiger partial charge is 0.416 e. The van der Waals surface area contributed by atoms with Gasteiger partial charge in [0.2, 0.25) is 0 Å². The van der Waals surface area contributed by atoms with Gasteiger partial charge in [-0.1, -0.05) is 12.1 Å². The summed E-state index contributed by atoms with van der Waals surface area (Å²) in [4.78, 5) is 15.3. The number of carboxylic acids is 1. The lowest BCUT2D eigenvalue weighted by molar-refractivity contribution is -0.137. The number of H-pyrrole nitrogens is 1. The fraction of sp³-hybridized carbons (Fsp3) is 0.0714. The van der Waals surface area contributed by atoms with Gasteiger partial charge in [-0.3, -0.25) is 5.10 Å². The van der Waals surface area contributed by atoms with Crippen LogP contribution in [-0.4, -0.2) is 26.3 Å². The van der Waals surface area contributed by atoms with Crippen LogP contribution in [0.15, 0.2) is 35.8 Å². The molecule has 118 valence electrons. The normalized spacial score (nSPS) is 11.6. The summed E-state index contributed by atoms with van der Waals surface area (Å²) in [6, 6.07) is 4.80. The van der Waals surface area contributed by atoms with E-state index in [9.17, 15) is 18.0 Å². The molecule has 3 aromatic rings. The molecular formula is C14H8F3N3O2S. The summed E-state index contributed by atoms with van der Waals surface area (Å²) in [5, 5.41) is 17.2. The van der Waals surface area contributed by atoms with Crippen molar-refractivity contribution in [2.24, 2.45) is 0 Å². The van der Waals surface area contributed by atoms with Crippen molar-refractivity contribution >= 4 is 17.3 Å². The minimum absolute atomic E-state index is 0.0463. The van der Waals surface area contributed by atoms with Crippen molar-refractivity contribution in [1.82, 2.24) is 15.2 Å². The van der Waals surface area contributed by atoms with Crippen LogP contribution in [0.2, 0.25) is 0 Å². The first kappa shape index (κ1) is 15.2. The Hall–Kier alpha value is -2.68. The number of nitrogens with one attached hydrogen (secondary N) is 1. The van der Waals surface area contributed by atoms with Gasteiger partial charge in [0.05, 0.1) is 17.5 Å². The first-order chi connectivity index (χ1) is 10.9. The number of carboxylic acid groups (broad SMARTS) is 1. The highest BCUT2D eigenvalue weighted by atomic mass is 32.1. The number of thiazole rings is 1. The van der Waals surface area contributed by atoms with Crippen LogP contribution in [0.5, 0.6) is 0 Å². The van der Waals surface area contributed by atoms with Crippen molar-refractivity contribution in [3.8, 4) is 22.0 Å². The van der Waals surface area contributed by atoms with Crippen LogP contribution < -0.4 is 0 Å². The topological polar surface area (TPSA) is 78.9 Å². The largest absolute Gasteiger partial charge is 0.478 e. The number of alkyl halides is 3. The maximum Gasteiger partial charge on any atom is 0.416 e. The molecule has 2 heterocycles. The molecule has 9 heteroatoms. The van der Waals surface area contributed by atoms with Crippen molar-refractivity contribution < 1.29 is 23.1 Å². The van der Waals surface area contributed by atoms with E-state index in [1.54, 1.807) is 5.38 Å². The standard InChI is InChI=1S/C14H8F3N3O2S/c15-14(16,17)8-3-1-2-7(4-8)10-6-23-12(19-10)11-9(13(21)22)5-18-20-11/h1-6H,(H,18,20)(H,21,22). The zero-order valence-electron chi connectivity index (χ0n) is 11.3. The van der Waals surface area contributed by atoms with E-state index in [-0.39, 0.29) is 11.3 Å². The summed E-state index contributed by atoms with van der Waals surface area (Å²) in [5.41, 5.74) is 0.0498. The van der Waals surface area contributed by atoms with Crippen molar-refractivity contribution in [3.63, 3.8) is 0 Å². The molecule has 0 spiro atoms. The van der Waals surface area contributed by atoms with Crippen LogP contribution in [0.4, 0.5) is 13.2 Å². The summed E-state index contributed by atoms with van der Waals surface area (Å²) in [7, 11) is 0. The van der Waals surface area contributed by atoms with Gasteiger partial charge in [0, 0.05) is 10.9 Å². The molecule has 1 aromatic carbocycles. The maximum absolute atomic E-state index is 12.8. The van der Waals surface area contributed by atoms with Crippen LogP contribution in [0, 0.1) is 0 Å². The lowest BCUT2D eigenvalue weighted by atomic mass is 10.1. The van der Waals surface area contributed by atoms with E-state index in [4.69, 9.17) is 5.11 Å². The average Bonchev–Trinajstić information content (AvgIpc) is 3.15. The zero-order chi connectivity index (χ0) is 16.6. The van der Waals surface area contributed by atoms with E-state index in [2.05, 4.69) is 15.2 Å². The minimum Gasteiger partial charge on any atom is -0.478 e. The highest BCUT2D eigenvalue weighted by Gasteiger charge is 2.30. The third kappa shape index (κ3) is 2.95. The number of rotatable bonds is 3. The summed E-state index contributed by atoms with van der Waals surface area (Å²) in [6.45, 7) is 0. The van der Waals surface area contributed by atoms with E-state index < -0.39 is 17.7 Å².